The Morgan fingerprint density at radius 3 is 2.60 bits per heavy atom. The molecule has 2 aromatic rings. The number of thiocarbonyl (C=S) groups is 1. The maximum Gasteiger partial charge on any atom is 0.274 e. The van der Waals surface area contributed by atoms with E-state index in [0.717, 1.165) is 0 Å². The largest absolute Gasteiger partial charge is 0.496 e. The average Bonchev–Trinajstić information content (AvgIpc) is 2.56. The van der Waals surface area contributed by atoms with Crippen LogP contribution in [0.2, 0.25) is 0 Å². The van der Waals surface area contributed by atoms with Gasteiger partial charge < -0.3 is 10.1 Å². The summed E-state index contributed by atoms with van der Waals surface area (Å²) in [5.41, 5.74) is 1.30. The lowest BCUT2D eigenvalue weighted by Gasteiger charge is -2.11. The summed E-state index contributed by atoms with van der Waals surface area (Å²) in [5.74, 6) is 0.187. The van der Waals surface area contributed by atoms with E-state index in [1.165, 1.54) is 13.2 Å². The number of nitro groups is 1. The fourth-order valence-corrected chi connectivity index (χ4v) is 2.78. The summed E-state index contributed by atoms with van der Waals surface area (Å²) in [6.45, 7) is 1.64. The number of anilines is 1. The van der Waals surface area contributed by atoms with Crippen LogP contribution in [0.15, 0.2) is 40.9 Å². The zero-order valence-corrected chi connectivity index (χ0v) is 15.7. The van der Waals surface area contributed by atoms with E-state index < -0.39 is 10.8 Å². The number of nitrogens with zero attached hydrogens (tertiary/aromatic N) is 1. The van der Waals surface area contributed by atoms with Crippen molar-refractivity contribution in [2.75, 3.05) is 12.4 Å². The van der Waals surface area contributed by atoms with Crippen LogP contribution in [0.3, 0.4) is 0 Å². The molecule has 0 saturated carbocycles. The van der Waals surface area contributed by atoms with E-state index in [1.54, 1.807) is 37.3 Å². The molecule has 0 unspecified atom stereocenters. The molecule has 7 nitrogen and oxygen atoms in total. The second-order valence-corrected chi connectivity index (χ2v) is 6.28. The standard InChI is InChI=1S/C16H14BrN3O4S/c1-9-3-5-11(8-13(9)20(22)23)18-16(25)19-15(21)10-4-6-14(24-2)12(17)7-10/h3-8H,1-2H3,(H2,18,19,21,25). The first kappa shape index (κ1) is 18.8. The minimum atomic E-state index is -0.475. The number of methoxy groups -OCH3 is 1. The fourth-order valence-electron chi connectivity index (χ4n) is 2.03. The van der Waals surface area contributed by atoms with Gasteiger partial charge in [0.2, 0.25) is 0 Å². The van der Waals surface area contributed by atoms with Gasteiger partial charge in [-0.2, -0.15) is 0 Å². The summed E-state index contributed by atoms with van der Waals surface area (Å²) in [7, 11) is 1.53. The van der Waals surface area contributed by atoms with Crippen LogP contribution in [-0.2, 0) is 0 Å². The molecule has 130 valence electrons. The Morgan fingerprint density at radius 1 is 1.28 bits per heavy atom. The molecule has 0 aliphatic heterocycles. The Labute approximate surface area is 157 Å². The molecule has 2 rings (SSSR count). The van der Waals surface area contributed by atoms with E-state index in [9.17, 15) is 14.9 Å². The van der Waals surface area contributed by atoms with Crippen molar-refractivity contribution in [1.82, 2.24) is 5.32 Å². The molecule has 0 atom stereocenters. The van der Waals surface area contributed by atoms with Crippen LogP contribution < -0.4 is 15.4 Å². The van der Waals surface area contributed by atoms with Gasteiger partial charge in [0, 0.05) is 22.9 Å². The minimum Gasteiger partial charge on any atom is -0.496 e. The number of aryl methyl sites for hydroxylation is 1. The number of nitro benzene ring substituents is 1. The molecule has 0 bridgehead atoms. The minimum absolute atomic E-state index is 0.0294. The number of hydrogen-bond donors (Lipinski definition) is 2. The predicted molar refractivity (Wildman–Crippen MR) is 102 cm³/mol. The lowest BCUT2D eigenvalue weighted by atomic mass is 10.2. The van der Waals surface area contributed by atoms with Gasteiger partial charge in [0.15, 0.2) is 5.11 Å². The van der Waals surface area contributed by atoms with Crippen molar-refractivity contribution in [1.29, 1.82) is 0 Å². The molecule has 0 aromatic heterocycles. The molecule has 2 aromatic carbocycles. The molecular weight excluding hydrogens is 410 g/mol. The normalized spacial score (nSPS) is 10.0. The van der Waals surface area contributed by atoms with E-state index in [0.29, 0.717) is 27.0 Å². The van der Waals surface area contributed by atoms with Gasteiger partial charge in [0.05, 0.1) is 16.5 Å². The number of halogens is 1. The highest BCUT2D eigenvalue weighted by Crippen LogP contribution is 2.25. The Morgan fingerprint density at radius 2 is 2.00 bits per heavy atom. The Hall–Kier alpha value is -2.52. The van der Waals surface area contributed by atoms with Crippen LogP contribution in [0.4, 0.5) is 11.4 Å². The van der Waals surface area contributed by atoms with Gasteiger partial charge >= 0.3 is 0 Å². The van der Waals surface area contributed by atoms with Gasteiger partial charge in [-0.05, 0) is 59.3 Å². The predicted octanol–water partition coefficient (Wildman–Crippen LogP) is 3.80. The van der Waals surface area contributed by atoms with Gasteiger partial charge in [-0.15, -0.1) is 0 Å². The number of ether oxygens (including phenoxy) is 1. The highest BCUT2D eigenvalue weighted by atomic mass is 79.9. The summed E-state index contributed by atoms with van der Waals surface area (Å²) in [4.78, 5) is 22.7. The molecule has 0 spiro atoms. The first-order chi connectivity index (χ1) is 11.8. The smallest absolute Gasteiger partial charge is 0.274 e. The molecule has 25 heavy (non-hydrogen) atoms. The quantitative estimate of drug-likeness (QED) is 0.441. The second-order valence-electron chi connectivity index (χ2n) is 5.02. The molecule has 0 aliphatic rings. The van der Waals surface area contributed by atoms with Gasteiger partial charge in [0.25, 0.3) is 11.6 Å². The summed E-state index contributed by atoms with van der Waals surface area (Å²) >= 11 is 8.39. The molecule has 0 saturated heterocycles. The van der Waals surface area contributed by atoms with Crippen molar-refractivity contribution in [3.05, 3.63) is 62.1 Å². The maximum absolute atomic E-state index is 12.2. The van der Waals surface area contributed by atoms with E-state index in [2.05, 4.69) is 26.6 Å². The number of amides is 1. The lowest BCUT2D eigenvalue weighted by Crippen LogP contribution is -2.34. The highest BCUT2D eigenvalue weighted by molar-refractivity contribution is 9.10. The Bertz CT molecular complexity index is 857. The Kier molecular flexibility index (Phi) is 6.05. The maximum atomic E-state index is 12.2. The SMILES string of the molecule is COc1ccc(C(=O)NC(=S)Nc2ccc(C)c([N+](=O)[O-])c2)cc1Br. The molecule has 1 amide bonds. The van der Waals surface area contributed by atoms with E-state index in [-0.39, 0.29) is 10.8 Å². The van der Waals surface area contributed by atoms with Gasteiger partial charge in [-0.25, -0.2) is 0 Å². The van der Waals surface area contributed by atoms with Crippen LogP contribution in [-0.4, -0.2) is 23.1 Å². The number of benzene rings is 2. The summed E-state index contributed by atoms with van der Waals surface area (Å²) in [6, 6.07) is 9.46. The summed E-state index contributed by atoms with van der Waals surface area (Å²) in [5, 5.41) is 16.3. The monoisotopic (exact) mass is 423 g/mol. The van der Waals surface area contributed by atoms with Crippen LogP contribution in [0.5, 0.6) is 5.75 Å². The molecule has 0 fully saturated rings. The molecule has 9 heteroatoms. The van der Waals surface area contributed by atoms with Crippen LogP contribution in [0, 0.1) is 17.0 Å². The molecule has 2 N–H and O–H groups in total. The molecule has 0 radical (unpaired) electrons. The van der Waals surface area contributed by atoms with Crippen molar-refractivity contribution in [3.8, 4) is 5.75 Å². The van der Waals surface area contributed by atoms with E-state index >= 15 is 0 Å². The molecular formula is C16H14BrN3O4S. The zero-order valence-electron chi connectivity index (χ0n) is 13.3. The van der Waals surface area contributed by atoms with Crippen molar-refractivity contribution in [3.63, 3.8) is 0 Å². The van der Waals surface area contributed by atoms with Crippen LogP contribution in [0.1, 0.15) is 15.9 Å². The third kappa shape index (κ3) is 4.74. The van der Waals surface area contributed by atoms with Gasteiger partial charge in [-0.3, -0.25) is 20.2 Å². The topological polar surface area (TPSA) is 93.5 Å². The number of carbonyl (C=O) groups excluding carboxylic acids is 1. The van der Waals surface area contributed by atoms with Crippen molar-refractivity contribution in [2.45, 2.75) is 6.92 Å². The van der Waals surface area contributed by atoms with Gasteiger partial charge in [0.1, 0.15) is 5.75 Å². The Balaban J connectivity index is 2.07. The van der Waals surface area contributed by atoms with Crippen molar-refractivity contribution >= 4 is 50.5 Å². The van der Waals surface area contributed by atoms with E-state index in [1.807, 2.05) is 0 Å². The summed E-state index contributed by atoms with van der Waals surface area (Å²) < 4.78 is 5.74. The number of carbonyl (C=O) groups is 1. The fraction of sp³-hybridized carbons (Fsp3) is 0.125. The number of nitrogens with one attached hydrogen (secondary N) is 2. The molecule has 0 heterocycles. The molecule has 0 aliphatic carbocycles. The van der Waals surface area contributed by atoms with Crippen LogP contribution in [0.25, 0.3) is 0 Å². The highest BCUT2D eigenvalue weighted by Gasteiger charge is 2.13. The third-order valence-electron chi connectivity index (χ3n) is 3.30. The van der Waals surface area contributed by atoms with Crippen LogP contribution >= 0.6 is 28.1 Å². The second kappa shape index (κ2) is 8.04. The lowest BCUT2D eigenvalue weighted by molar-refractivity contribution is -0.385. The zero-order chi connectivity index (χ0) is 18.6. The number of hydrogen-bond acceptors (Lipinski definition) is 5. The number of rotatable bonds is 4. The first-order valence-electron chi connectivity index (χ1n) is 7.02. The average molecular weight is 424 g/mol. The van der Waals surface area contributed by atoms with Gasteiger partial charge in [-0.1, -0.05) is 6.07 Å². The summed E-state index contributed by atoms with van der Waals surface area (Å²) in [6.07, 6.45) is 0. The third-order valence-corrected chi connectivity index (χ3v) is 4.13. The van der Waals surface area contributed by atoms with Crippen molar-refractivity contribution < 1.29 is 14.5 Å². The first-order valence-corrected chi connectivity index (χ1v) is 8.23. The van der Waals surface area contributed by atoms with E-state index in [4.69, 9.17) is 17.0 Å². The van der Waals surface area contributed by atoms with Crippen molar-refractivity contribution in [2.24, 2.45) is 0 Å².